The minimum atomic E-state index is -0.767. The Kier molecular flexibility index (Phi) is 4.87. The summed E-state index contributed by atoms with van der Waals surface area (Å²) in [6, 6.07) is 10.9. The molecule has 2 aromatic rings. The third-order valence-electron chi connectivity index (χ3n) is 12.0. The van der Waals surface area contributed by atoms with Gasteiger partial charge in [0.05, 0.1) is 24.0 Å². The first-order chi connectivity index (χ1) is 18.4. The molecule has 0 radical (unpaired) electrons. The Labute approximate surface area is 229 Å². The maximum Gasteiger partial charge on any atom is 0.338 e. The first kappa shape index (κ1) is 25.0. The van der Waals surface area contributed by atoms with Crippen LogP contribution in [0.15, 0.2) is 65.5 Å². The minimum absolute atomic E-state index is 0.0196. The second kappa shape index (κ2) is 7.60. The van der Waals surface area contributed by atoms with Crippen molar-refractivity contribution in [3.05, 3.63) is 72.2 Å². The number of Topliss-reactive ketones (excluding diaryl/α,β-unsaturated/α-hetero) is 1. The molecular formula is C33H36O6. The summed E-state index contributed by atoms with van der Waals surface area (Å²) in [6.45, 7) is 10.7. The molecule has 5 aliphatic rings. The number of carbonyl (C=O) groups excluding carboxylic acids is 3. The van der Waals surface area contributed by atoms with E-state index in [1.54, 1.807) is 30.7 Å². The van der Waals surface area contributed by atoms with Gasteiger partial charge in [0.1, 0.15) is 17.8 Å². The Morgan fingerprint density at radius 2 is 1.74 bits per heavy atom. The largest absolute Gasteiger partial charge is 0.472 e. The number of furan rings is 1. The molecule has 6 heteroatoms. The summed E-state index contributed by atoms with van der Waals surface area (Å²) in [5, 5.41) is 0. The fourth-order valence-electron chi connectivity index (χ4n) is 10.1. The van der Waals surface area contributed by atoms with Crippen LogP contribution in [-0.2, 0) is 19.1 Å². The Morgan fingerprint density at radius 3 is 2.44 bits per heavy atom. The van der Waals surface area contributed by atoms with Crippen molar-refractivity contribution in [3.8, 4) is 0 Å². The summed E-state index contributed by atoms with van der Waals surface area (Å²) in [4.78, 5) is 40.7. The van der Waals surface area contributed by atoms with Crippen molar-refractivity contribution in [1.29, 1.82) is 0 Å². The number of hydrogen-bond acceptors (Lipinski definition) is 6. The molecule has 0 amide bonds. The lowest BCUT2D eigenvalue weighted by Crippen LogP contribution is -2.70. The van der Waals surface area contributed by atoms with Gasteiger partial charge in [0.25, 0.3) is 0 Å². The molecule has 0 N–H and O–H groups in total. The third-order valence-corrected chi connectivity index (χ3v) is 12.0. The highest BCUT2D eigenvalue weighted by atomic mass is 16.6. The first-order valence-corrected chi connectivity index (χ1v) is 14.2. The summed E-state index contributed by atoms with van der Waals surface area (Å²) < 4.78 is 18.5. The lowest BCUT2D eigenvalue weighted by Gasteiger charge is -2.67. The standard InChI is InChI=1S/C33H36O6/c1-29(2)22-17-24(38-28(36)19-9-7-6-8-10-19)32(5)21(30(22,3)14-12-23(29)34)11-15-31(4)25(20-13-16-37-18-20)26(35)27-33(31,32)39-27/h6-10,12-14,16,18,21-22,24-25,27H,11,15,17H2,1-5H3/t21?,22-,24+,25+,27+,30+,31-,32-,33+/m0/s1. The van der Waals surface area contributed by atoms with E-state index in [9.17, 15) is 14.4 Å². The van der Waals surface area contributed by atoms with Crippen LogP contribution in [0.1, 0.15) is 75.7 Å². The van der Waals surface area contributed by atoms with E-state index in [1.807, 2.05) is 38.1 Å². The maximum atomic E-state index is 14.0. The Morgan fingerprint density at radius 1 is 1.00 bits per heavy atom. The van der Waals surface area contributed by atoms with E-state index >= 15 is 0 Å². The number of ketones is 2. The number of allylic oxidation sites excluding steroid dienone is 2. The third kappa shape index (κ3) is 2.79. The van der Waals surface area contributed by atoms with Crippen LogP contribution in [0.3, 0.4) is 0 Å². The predicted molar refractivity (Wildman–Crippen MR) is 143 cm³/mol. The highest BCUT2D eigenvalue weighted by Crippen LogP contribution is 2.81. The maximum absolute atomic E-state index is 14.0. The molecule has 204 valence electrons. The normalized spacial score (nSPS) is 45.1. The van der Waals surface area contributed by atoms with Crippen molar-refractivity contribution in [2.45, 2.75) is 77.6 Å². The van der Waals surface area contributed by atoms with Crippen LogP contribution in [0, 0.1) is 33.5 Å². The van der Waals surface area contributed by atoms with E-state index < -0.39 is 34.1 Å². The molecule has 1 spiro atoms. The second-order valence-electron chi connectivity index (χ2n) is 13.8. The average molecular weight is 529 g/mol. The van der Waals surface area contributed by atoms with Crippen LogP contribution in [0.25, 0.3) is 0 Å². The van der Waals surface area contributed by atoms with Crippen molar-refractivity contribution in [3.63, 3.8) is 0 Å². The number of benzene rings is 1. The van der Waals surface area contributed by atoms with Crippen LogP contribution in [0.5, 0.6) is 0 Å². The van der Waals surface area contributed by atoms with Gasteiger partial charge in [0.15, 0.2) is 11.6 Å². The zero-order valence-corrected chi connectivity index (χ0v) is 23.2. The molecular weight excluding hydrogens is 492 g/mol. The van der Waals surface area contributed by atoms with Crippen LogP contribution in [-0.4, -0.2) is 35.3 Å². The first-order valence-electron chi connectivity index (χ1n) is 14.2. The smallest absolute Gasteiger partial charge is 0.338 e. The van der Waals surface area contributed by atoms with E-state index in [2.05, 4.69) is 26.8 Å². The molecule has 1 aromatic carbocycles. The molecule has 4 fully saturated rings. The van der Waals surface area contributed by atoms with Crippen LogP contribution in [0.2, 0.25) is 0 Å². The fraction of sp³-hybridized carbons (Fsp3) is 0.545. The van der Waals surface area contributed by atoms with E-state index in [1.165, 1.54) is 0 Å². The lowest BCUT2D eigenvalue weighted by molar-refractivity contribution is -0.222. The lowest BCUT2D eigenvalue weighted by atomic mass is 9.36. The number of rotatable bonds is 3. The van der Waals surface area contributed by atoms with Crippen molar-refractivity contribution >= 4 is 17.5 Å². The molecule has 3 saturated carbocycles. The predicted octanol–water partition coefficient (Wildman–Crippen LogP) is 5.92. The van der Waals surface area contributed by atoms with Crippen molar-refractivity contribution in [2.24, 2.45) is 33.5 Å². The fourth-order valence-corrected chi connectivity index (χ4v) is 10.1. The van der Waals surface area contributed by atoms with Gasteiger partial charge >= 0.3 is 5.97 Å². The van der Waals surface area contributed by atoms with Gasteiger partial charge in [-0.25, -0.2) is 4.79 Å². The van der Waals surface area contributed by atoms with Crippen molar-refractivity contribution in [2.75, 3.05) is 0 Å². The van der Waals surface area contributed by atoms with E-state index in [-0.39, 0.29) is 40.7 Å². The van der Waals surface area contributed by atoms with Gasteiger partial charge in [-0.2, -0.15) is 0 Å². The number of hydrogen-bond donors (Lipinski definition) is 0. The summed E-state index contributed by atoms with van der Waals surface area (Å²) in [5.41, 5.74) is -1.42. The zero-order valence-electron chi connectivity index (χ0n) is 23.2. The monoisotopic (exact) mass is 528 g/mol. The van der Waals surface area contributed by atoms with Gasteiger partial charge in [-0.3, -0.25) is 9.59 Å². The highest BCUT2D eigenvalue weighted by molar-refractivity contribution is 5.99. The summed E-state index contributed by atoms with van der Waals surface area (Å²) in [7, 11) is 0. The SMILES string of the molecule is CC1(C)C(=O)C=C[C@]2(C)C3CC[C@@]4(C)[C@H](c5ccoc5)C(=O)[C@H]5O[C@]54[C@]3(C)[C@H](OC(=O)c3ccccc3)C[C@@H]12. The molecule has 0 bridgehead atoms. The highest BCUT2D eigenvalue weighted by Gasteiger charge is 2.90. The van der Waals surface area contributed by atoms with Crippen LogP contribution >= 0.6 is 0 Å². The number of fused-ring (bicyclic) bond motifs is 3. The molecule has 1 aliphatic heterocycles. The second-order valence-corrected chi connectivity index (χ2v) is 13.8. The Balaban J connectivity index is 1.39. The minimum Gasteiger partial charge on any atom is -0.472 e. The van der Waals surface area contributed by atoms with E-state index in [0.29, 0.717) is 12.0 Å². The number of ether oxygens (including phenoxy) is 2. The summed E-state index contributed by atoms with van der Waals surface area (Å²) in [5.74, 6) is -0.475. The molecule has 2 heterocycles. The van der Waals surface area contributed by atoms with E-state index in [4.69, 9.17) is 13.9 Å². The van der Waals surface area contributed by atoms with Crippen molar-refractivity contribution < 1.29 is 28.3 Å². The van der Waals surface area contributed by atoms with Gasteiger partial charge in [0, 0.05) is 21.8 Å². The Hall–Kier alpha value is -2.99. The van der Waals surface area contributed by atoms with E-state index in [0.717, 1.165) is 18.4 Å². The van der Waals surface area contributed by atoms with Crippen LogP contribution < -0.4 is 0 Å². The molecule has 1 aromatic heterocycles. The van der Waals surface area contributed by atoms with Gasteiger partial charge in [0.2, 0.25) is 0 Å². The van der Waals surface area contributed by atoms with Crippen molar-refractivity contribution in [1.82, 2.24) is 0 Å². The molecule has 6 nitrogen and oxygen atoms in total. The van der Waals surface area contributed by atoms with Gasteiger partial charge in [-0.1, -0.05) is 58.9 Å². The number of esters is 1. The molecule has 1 unspecified atom stereocenters. The number of epoxide rings is 1. The Bertz CT molecular complexity index is 1410. The summed E-state index contributed by atoms with van der Waals surface area (Å²) in [6.07, 6.45) is 8.29. The topological polar surface area (TPSA) is 86.1 Å². The number of carbonyl (C=O) groups is 3. The van der Waals surface area contributed by atoms with Crippen LogP contribution in [0.4, 0.5) is 0 Å². The van der Waals surface area contributed by atoms with Gasteiger partial charge in [-0.15, -0.1) is 0 Å². The molecule has 7 rings (SSSR count). The molecule has 9 atom stereocenters. The molecule has 1 saturated heterocycles. The summed E-state index contributed by atoms with van der Waals surface area (Å²) >= 11 is 0. The molecule has 4 aliphatic carbocycles. The quantitative estimate of drug-likeness (QED) is 0.363. The average Bonchev–Trinajstić information content (AvgIpc) is 3.40. The zero-order chi connectivity index (χ0) is 27.6. The van der Waals surface area contributed by atoms with Gasteiger partial charge < -0.3 is 13.9 Å². The van der Waals surface area contributed by atoms with Gasteiger partial charge in [-0.05, 0) is 60.8 Å². The molecule has 39 heavy (non-hydrogen) atoms.